The van der Waals surface area contributed by atoms with Crippen LogP contribution in [0.25, 0.3) is 33.4 Å². The van der Waals surface area contributed by atoms with Crippen molar-refractivity contribution in [2.75, 3.05) is 0 Å². The van der Waals surface area contributed by atoms with Crippen molar-refractivity contribution >= 4 is 11.6 Å². The van der Waals surface area contributed by atoms with Gasteiger partial charge in [-0.15, -0.1) is 0 Å². The van der Waals surface area contributed by atoms with Gasteiger partial charge in [-0.25, -0.2) is 0 Å². The fourth-order valence-electron chi connectivity index (χ4n) is 10.3. The molecule has 290 valence electrons. The van der Waals surface area contributed by atoms with E-state index >= 15 is 0 Å². The maximum Gasteiger partial charge on any atom is 0.194 e. The van der Waals surface area contributed by atoms with Gasteiger partial charge in [-0.05, 0) is 108 Å². The highest BCUT2D eigenvalue weighted by atomic mass is 16.1. The molecule has 3 aliphatic rings. The molecule has 3 aliphatic carbocycles. The molecular weight excluding hydrogens is 669 g/mol. The highest BCUT2D eigenvalue weighted by Gasteiger charge is 2.45. The van der Waals surface area contributed by atoms with Crippen molar-refractivity contribution < 1.29 is 9.59 Å². The summed E-state index contributed by atoms with van der Waals surface area (Å²) in [5.74, 6) is 0.278. The summed E-state index contributed by atoms with van der Waals surface area (Å²) in [4.78, 5) is 28.0. The van der Waals surface area contributed by atoms with Gasteiger partial charge in [0.25, 0.3) is 0 Å². The van der Waals surface area contributed by atoms with Gasteiger partial charge in [-0.1, -0.05) is 178 Å². The lowest BCUT2D eigenvalue weighted by Crippen LogP contribution is -2.26. The largest absolute Gasteiger partial charge is 0.289 e. The molecule has 7 rings (SSSR count). The third-order valence-corrected chi connectivity index (χ3v) is 13.5. The zero-order valence-corrected chi connectivity index (χ0v) is 34.6. The predicted octanol–water partition coefficient (Wildman–Crippen LogP) is 15.6. The van der Waals surface area contributed by atoms with Crippen LogP contribution in [0.1, 0.15) is 209 Å². The Morgan fingerprint density at radius 3 is 1.04 bits per heavy atom. The molecule has 0 fully saturated rings. The number of carbonyl (C=O) groups excluding carboxylic acids is 2. The quantitative estimate of drug-likeness (QED) is 0.0651. The number of aryl methyl sites for hydroxylation is 2. The van der Waals surface area contributed by atoms with Crippen LogP contribution in [0.5, 0.6) is 0 Å². The van der Waals surface area contributed by atoms with Crippen LogP contribution in [0.15, 0.2) is 60.7 Å². The van der Waals surface area contributed by atoms with E-state index in [1.165, 1.54) is 151 Å². The summed E-state index contributed by atoms with van der Waals surface area (Å²) in [6, 6.07) is 22.1. The first-order chi connectivity index (χ1) is 26.9. The second-order valence-corrected chi connectivity index (χ2v) is 17.6. The van der Waals surface area contributed by atoms with Gasteiger partial charge >= 0.3 is 0 Å². The number of hydrogen-bond acceptors (Lipinski definition) is 2. The van der Waals surface area contributed by atoms with E-state index in [1.807, 2.05) is 0 Å². The second-order valence-electron chi connectivity index (χ2n) is 17.6. The number of unbranched alkanes of at least 4 members (excludes halogenated alkanes) is 18. The van der Waals surface area contributed by atoms with Gasteiger partial charge < -0.3 is 0 Å². The van der Waals surface area contributed by atoms with E-state index in [4.69, 9.17) is 0 Å². The highest BCUT2D eigenvalue weighted by Crippen LogP contribution is 2.58. The summed E-state index contributed by atoms with van der Waals surface area (Å²) >= 11 is 0. The zero-order valence-electron chi connectivity index (χ0n) is 34.6. The molecule has 0 bridgehead atoms. The van der Waals surface area contributed by atoms with Gasteiger partial charge in [0.1, 0.15) is 0 Å². The lowest BCUT2D eigenvalue weighted by Gasteiger charge is -2.33. The smallest absolute Gasteiger partial charge is 0.194 e. The number of benzene rings is 4. The molecule has 0 saturated heterocycles. The summed E-state index contributed by atoms with van der Waals surface area (Å²) in [6.45, 7) is 8.74. The average molecular weight is 735 g/mol. The Balaban J connectivity index is 1.22. The van der Waals surface area contributed by atoms with Crippen molar-refractivity contribution in [3.8, 4) is 33.4 Å². The van der Waals surface area contributed by atoms with Crippen molar-refractivity contribution in [1.29, 1.82) is 0 Å². The van der Waals surface area contributed by atoms with Gasteiger partial charge in [0.05, 0.1) is 0 Å². The molecule has 0 aliphatic heterocycles. The van der Waals surface area contributed by atoms with Gasteiger partial charge in [0.2, 0.25) is 0 Å². The number of hydrogen-bond donors (Lipinski definition) is 0. The topological polar surface area (TPSA) is 34.1 Å². The van der Waals surface area contributed by atoms with E-state index in [2.05, 4.69) is 88.4 Å². The lowest BCUT2D eigenvalue weighted by molar-refractivity contribution is 0.103. The molecule has 4 aromatic carbocycles. The van der Waals surface area contributed by atoms with E-state index in [0.717, 1.165) is 68.5 Å². The Labute approximate surface area is 332 Å². The van der Waals surface area contributed by atoms with Crippen LogP contribution in [-0.2, 0) is 5.41 Å². The number of ketones is 2. The predicted molar refractivity (Wildman–Crippen MR) is 233 cm³/mol. The molecule has 0 aromatic heterocycles. The molecule has 0 N–H and O–H groups in total. The molecule has 0 unspecified atom stereocenters. The molecule has 2 heteroatoms. The number of rotatable bonds is 22. The van der Waals surface area contributed by atoms with E-state index in [9.17, 15) is 9.59 Å². The standard InChI is InChI=1S/C53H66O2/c1-5-7-9-11-13-15-17-19-21-23-29-53(30-24-22-20-18-16-14-12-10-8-6-2)49-35-41-39-27-25-37(3)31-45(39)51(54)47(41)33-43(49)44-34-48-42(36-50(44)53)40-28-26-38(4)32-46(40)52(48)55/h25-28,31-36H,5-24,29-30H2,1-4H3. The third-order valence-electron chi connectivity index (χ3n) is 13.5. The average Bonchev–Trinajstić information content (AvgIpc) is 3.72. The molecule has 0 amide bonds. The molecule has 0 radical (unpaired) electrons. The molecule has 0 spiro atoms. The summed E-state index contributed by atoms with van der Waals surface area (Å²) in [7, 11) is 0. The first-order valence-corrected chi connectivity index (χ1v) is 22.6. The molecule has 0 saturated carbocycles. The Hall–Kier alpha value is -3.78. The first kappa shape index (κ1) is 39.5. The van der Waals surface area contributed by atoms with Crippen LogP contribution in [0.4, 0.5) is 0 Å². The second kappa shape index (κ2) is 18.0. The van der Waals surface area contributed by atoms with Gasteiger partial charge in [0, 0.05) is 27.7 Å². The van der Waals surface area contributed by atoms with Crippen molar-refractivity contribution in [2.24, 2.45) is 0 Å². The lowest BCUT2D eigenvalue weighted by atomic mass is 9.69. The summed E-state index contributed by atoms with van der Waals surface area (Å²) in [5, 5.41) is 0. The number of fused-ring (bicyclic) bond motifs is 9. The third kappa shape index (κ3) is 8.08. The molecule has 4 aromatic rings. The van der Waals surface area contributed by atoms with E-state index in [1.54, 1.807) is 0 Å². The Kier molecular flexibility index (Phi) is 12.9. The maximum atomic E-state index is 14.0. The Morgan fingerprint density at radius 1 is 0.345 bits per heavy atom. The van der Waals surface area contributed by atoms with Crippen LogP contribution in [-0.4, -0.2) is 11.6 Å². The molecular formula is C53H66O2. The van der Waals surface area contributed by atoms with Crippen LogP contribution in [0.2, 0.25) is 0 Å². The summed E-state index contributed by atoms with van der Waals surface area (Å²) in [6.07, 6.45) is 28.8. The minimum atomic E-state index is -0.137. The van der Waals surface area contributed by atoms with Crippen molar-refractivity contribution in [3.05, 3.63) is 105 Å². The SMILES string of the molecule is CCCCCCCCCCCCC1(CCCCCCCCCCCC)c2cc3c(cc2-c2cc4c(cc21)-c1ccc(C)cc1C4=O)C(=O)c1cc(C)ccc1-3. The van der Waals surface area contributed by atoms with E-state index in [-0.39, 0.29) is 17.0 Å². The Morgan fingerprint density at radius 2 is 0.673 bits per heavy atom. The minimum absolute atomic E-state index is 0.137. The molecule has 0 atom stereocenters. The van der Waals surface area contributed by atoms with Crippen molar-refractivity contribution in [2.45, 2.75) is 174 Å². The maximum absolute atomic E-state index is 14.0. The van der Waals surface area contributed by atoms with Crippen molar-refractivity contribution in [3.63, 3.8) is 0 Å². The van der Waals surface area contributed by atoms with Gasteiger partial charge in [0.15, 0.2) is 11.6 Å². The zero-order chi connectivity index (χ0) is 38.4. The Bertz CT molecular complexity index is 1860. The van der Waals surface area contributed by atoms with Crippen LogP contribution < -0.4 is 0 Å². The summed E-state index contributed by atoms with van der Waals surface area (Å²) < 4.78 is 0. The van der Waals surface area contributed by atoms with Gasteiger partial charge in [-0.3, -0.25) is 9.59 Å². The number of carbonyl (C=O) groups is 2. The van der Waals surface area contributed by atoms with Crippen molar-refractivity contribution in [1.82, 2.24) is 0 Å². The van der Waals surface area contributed by atoms with E-state index in [0.29, 0.717) is 0 Å². The molecule has 55 heavy (non-hydrogen) atoms. The fraction of sp³-hybridized carbons (Fsp3) is 0.509. The molecule has 0 heterocycles. The first-order valence-electron chi connectivity index (χ1n) is 22.6. The monoisotopic (exact) mass is 735 g/mol. The normalized spacial score (nSPS) is 14.2. The highest BCUT2D eigenvalue weighted by molar-refractivity contribution is 6.24. The minimum Gasteiger partial charge on any atom is -0.289 e. The van der Waals surface area contributed by atoms with E-state index < -0.39 is 0 Å². The fourth-order valence-corrected chi connectivity index (χ4v) is 10.3. The van der Waals surface area contributed by atoms with Crippen LogP contribution in [0, 0.1) is 13.8 Å². The molecule has 2 nitrogen and oxygen atoms in total. The van der Waals surface area contributed by atoms with Gasteiger partial charge in [-0.2, -0.15) is 0 Å². The summed E-state index contributed by atoms with van der Waals surface area (Å²) in [5.41, 5.74) is 15.0. The van der Waals surface area contributed by atoms with Crippen LogP contribution in [0.3, 0.4) is 0 Å². The van der Waals surface area contributed by atoms with Crippen LogP contribution >= 0.6 is 0 Å².